The molecule has 1 aliphatic heterocycles. The summed E-state index contributed by atoms with van der Waals surface area (Å²) in [5, 5.41) is 2.77. The van der Waals surface area contributed by atoms with Crippen molar-refractivity contribution in [2.45, 2.75) is 20.3 Å². The lowest BCUT2D eigenvalue weighted by Gasteiger charge is -2.21. The Kier molecular flexibility index (Phi) is 3.28. The zero-order valence-corrected chi connectivity index (χ0v) is 11.1. The maximum atomic E-state index is 13.6. The van der Waals surface area contributed by atoms with E-state index in [1.807, 2.05) is 0 Å². The molecule has 0 spiro atoms. The molecule has 1 fully saturated rings. The van der Waals surface area contributed by atoms with E-state index >= 15 is 0 Å². The van der Waals surface area contributed by atoms with Crippen molar-refractivity contribution in [3.05, 3.63) is 29.6 Å². The molecule has 0 aliphatic carbocycles. The van der Waals surface area contributed by atoms with Crippen molar-refractivity contribution in [1.82, 2.24) is 4.90 Å². The van der Waals surface area contributed by atoms with E-state index in [2.05, 4.69) is 19.2 Å². The van der Waals surface area contributed by atoms with Crippen LogP contribution in [0.15, 0.2) is 18.2 Å². The summed E-state index contributed by atoms with van der Waals surface area (Å²) in [5.74, 6) is -0.480. The molecule has 2 rings (SSSR count). The van der Waals surface area contributed by atoms with Gasteiger partial charge in [0.15, 0.2) is 0 Å². The number of amides is 1. The van der Waals surface area contributed by atoms with Gasteiger partial charge in [-0.05, 0) is 24.0 Å². The highest BCUT2D eigenvalue weighted by Crippen LogP contribution is 2.31. The molecule has 1 amide bonds. The molecule has 0 bridgehead atoms. The molecule has 0 radical (unpaired) electrons. The van der Waals surface area contributed by atoms with Gasteiger partial charge in [0.25, 0.3) is 5.91 Å². The van der Waals surface area contributed by atoms with Crippen LogP contribution in [-0.4, -0.2) is 30.9 Å². The number of halogens is 1. The Bertz CT molecular complexity index is 471. The van der Waals surface area contributed by atoms with Crippen LogP contribution in [0.25, 0.3) is 0 Å². The van der Waals surface area contributed by atoms with Gasteiger partial charge < -0.3 is 10.2 Å². The molecular weight excluding hydrogens is 231 g/mol. The Hall–Kier alpha value is -1.58. The molecule has 4 heteroatoms. The standard InChI is InChI=1S/C14H19FN2O/c1-14(2)7-8-17(9-14)13(18)10-5-4-6-11(15)12(10)16-3/h4-6,16H,7-9H2,1-3H3. The third kappa shape index (κ3) is 2.33. The van der Waals surface area contributed by atoms with Crippen molar-refractivity contribution in [3.63, 3.8) is 0 Å². The molecule has 1 aromatic carbocycles. The van der Waals surface area contributed by atoms with Gasteiger partial charge in [-0.1, -0.05) is 19.9 Å². The second-order valence-corrected chi connectivity index (χ2v) is 5.55. The lowest BCUT2D eigenvalue weighted by molar-refractivity contribution is 0.0779. The molecular formula is C14H19FN2O. The van der Waals surface area contributed by atoms with Gasteiger partial charge in [0.1, 0.15) is 5.82 Å². The fraction of sp³-hybridized carbons (Fsp3) is 0.500. The van der Waals surface area contributed by atoms with Crippen molar-refractivity contribution >= 4 is 11.6 Å². The lowest BCUT2D eigenvalue weighted by Crippen LogP contribution is -2.30. The van der Waals surface area contributed by atoms with Crippen LogP contribution in [0.3, 0.4) is 0 Å². The van der Waals surface area contributed by atoms with E-state index in [9.17, 15) is 9.18 Å². The number of carbonyl (C=O) groups is 1. The first-order valence-corrected chi connectivity index (χ1v) is 6.20. The summed E-state index contributed by atoms with van der Waals surface area (Å²) in [5.41, 5.74) is 0.852. The van der Waals surface area contributed by atoms with E-state index in [1.165, 1.54) is 6.07 Å². The maximum absolute atomic E-state index is 13.6. The number of hydrogen-bond acceptors (Lipinski definition) is 2. The quantitative estimate of drug-likeness (QED) is 0.875. The van der Waals surface area contributed by atoms with Crippen LogP contribution in [0.4, 0.5) is 10.1 Å². The largest absolute Gasteiger partial charge is 0.385 e. The Balaban J connectivity index is 2.27. The smallest absolute Gasteiger partial charge is 0.256 e. The molecule has 1 aliphatic rings. The number of carbonyl (C=O) groups excluding carboxylic acids is 1. The van der Waals surface area contributed by atoms with Gasteiger partial charge in [0.05, 0.1) is 11.3 Å². The Morgan fingerprint density at radius 2 is 2.17 bits per heavy atom. The summed E-state index contributed by atoms with van der Waals surface area (Å²) in [7, 11) is 1.63. The number of likely N-dealkylation sites (tertiary alicyclic amines) is 1. The summed E-state index contributed by atoms with van der Waals surface area (Å²) in [6.45, 7) is 5.76. The van der Waals surface area contributed by atoms with Crippen molar-refractivity contribution in [1.29, 1.82) is 0 Å². The van der Waals surface area contributed by atoms with Crippen LogP contribution in [0.5, 0.6) is 0 Å². The molecule has 0 unspecified atom stereocenters. The molecule has 0 aromatic heterocycles. The second-order valence-electron chi connectivity index (χ2n) is 5.55. The highest BCUT2D eigenvalue weighted by atomic mass is 19.1. The highest BCUT2D eigenvalue weighted by Gasteiger charge is 2.33. The van der Waals surface area contributed by atoms with Crippen LogP contribution < -0.4 is 5.32 Å². The van der Waals surface area contributed by atoms with Crippen molar-refractivity contribution in [2.24, 2.45) is 5.41 Å². The number of hydrogen-bond donors (Lipinski definition) is 1. The van der Waals surface area contributed by atoms with Gasteiger partial charge >= 0.3 is 0 Å². The van der Waals surface area contributed by atoms with Gasteiger partial charge in [0.2, 0.25) is 0 Å². The maximum Gasteiger partial charge on any atom is 0.256 e. The van der Waals surface area contributed by atoms with Crippen molar-refractivity contribution in [2.75, 3.05) is 25.5 Å². The van der Waals surface area contributed by atoms with Gasteiger partial charge in [-0.25, -0.2) is 4.39 Å². The van der Waals surface area contributed by atoms with Gasteiger partial charge in [-0.3, -0.25) is 4.79 Å². The zero-order chi connectivity index (χ0) is 13.3. The minimum absolute atomic E-state index is 0.0931. The molecule has 1 heterocycles. The molecule has 0 atom stereocenters. The van der Waals surface area contributed by atoms with E-state index in [-0.39, 0.29) is 22.8 Å². The Morgan fingerprint density at radius 3 is 2.72 bits per heavy atom. The molecule has 18 heavy (non-hydrogen) atoms. The molecule has 1 N–H and O–H groups in total. The number of para-hydroxylation sites is 1. The van der Waals surface area contributed by atoms with E-state index in [0.29, 0.717) is 5.56 Å². The van der Waals surface area contributed by atoms with Crippen LogP contribution in [-0.2, 0) is 0 Å². The first-order valence-electron chi connectivity index (χ1n) is 6.20. The van der Waals surface area contributed by atoms with E-state index in [1.54, 1.807) is 24.1 Å². The zero-order valence-electron chi connectivity index (χ0n) is 11.1. The molecule has 1 aromatic rings. The minimum Gasteiger partial charge on any atom is -0.385 e. The van der Waals surface area contributed by atoms with Crippen molar-refractivity contribution < 1.29 is 9.18 Å². The van der Waals surface area contributed by atoms with Gasteiger partial charge in [-0.15, -0.1) is 0 Å². The first kappa shape index (κ1) is 12.9. The van der Waals surface area contributed by atoms with Crippen LogP contribution >= 0.6 is 0 Å². The molecule has 3 nitrogen and oxygen atoms in total. The molecule has 98 valence electrons. The van der Waals surface area contributed by atoms with E-state index in [0.717, 1.165) is 19.5 Å². The summed E-state index contributed by atoms with van der Waals surface area (Å²) < 4.78 is 13.6. The predicted octanol–water partition coefficient (Wildman–Crippen LogP) is 2.74. The number of nitrogens with one attached hydrogen (secondary N) is 1. The van der Waals surface area contributed by atoms with Crippen molar-refractivity contribution in [3.8, 4) is 0 Å². The van der Waals surface area contributed by atoms with Crippen LogP contribution in [0.2, 0.25) is 0 Å². The number of rotatable bonds is 2. The normalized spacial score (nSPS) is 17.9. The van der Waals surface area contributed by atoms with Gasteiger partial charge in [0, 0.05) is 20.1 Å². The highest BCUT2D eigenvalue weighted by molar-refractivity contribution is 5.99. The fourth-order valence-corrected chi connectivity index (χ4v) is 2.41. The first-order chi connectivity index (χ1) is 8.44. The third-order valence-electron chi connectivity index (χ3n) is 3.46. The van der Waals surface area contributed by atoms with E-state index < -0.39 is 0 Å². The fourth-order valence-electron chi connectivity index (χ4n) is 2.41. The number of nitrogens with zero attached hydrogens (tertiary/aromatic N) is 1. The lowest BCUT2D eigenvalue weighted by atomic mass is 9.93. The molecule has 1 saturated heterocycles. The minimum atomic E-state index is -0.387. The molecule has 0 saturated carbocycles. The summed E-state index contributed by atoms with van der Waals surface area (Å²) in [6, 6.07) is 4.60. The van der Waals surface area contributed by atoms with Crippen LogP contribution in [0, 0.1) is 11.2 Å². The average Bonchev–Trinajstić information content (AvgIpc) is 2.68. The number of benzene rings is 1. The monoisotopic (exact) mass is 250 g/mol. The average molecular weight is 250 g/mol. The Morgan fingerprint density at radius 1 is 1.44 bits per heavy atom. The Labute approximate surface area is 107 Å². The number of anilines is 1. The predicted molar refractivity (Wildman–Crippen MR) is 70.2 cm³/mol. The third-order valence-corrected chi connectivity index (χ3v) is 3.46. The summed E-state index contributed by atoms with van der Waals surface area (Å²) >= 11 is 0. The van der Waals surface area contributed by atoms with E-state index in [4.69, 9.17) is 0 Å². The SMILES string of the molecule is CNc1c(F)cccc1C(=O)N1CCC(C)(C)C1. The summed E-state index contributed by atoms with van der Waals surface area (Å²) in [4.78, 5) is 14.2. The van der Waals surface area contributed by atoms with Crippen LogP contribution in [0.1, 0.15) is 30.6 Å². The van der Waals surface area contributed by atoms with Gasteiger partial charge in [-0.2, -0.15) is 0 Å². The second kappa shape index (κ2) is 4.59. The summed E-state index contributed by atoms with van der Waals surface area (Å²) in [6.07, 6.45) is 0.989. The topological polar surface area (TPSA) is 32.3 Å².